The topological polar surface area (TPSA) is 41.6 Å². The fourth-order valence-corrected chi connectivity index (χ4v) is 2.08. The van der Waals surface area contributed by atoms with Gasteiger partial charge in [0.1, 0.15) is 0 Å². The minimum absolute atomic E-state index is 0.204. The summed E-state index contributed by atoms with van der Waals surface area (Å²) in [5, 5.41) is 3.42. The lowest BCUT2D eigenvalue weighted by molar-refractivity contribution is -0.132. The van der Waals surface area contributed by atoms with E-state index in [4.69, 9.17) is 4.74 Å². The van der Waals surface area contributed by atoms with Gasteiger partial charge in [-0.15, -0.1) is 6.58 Å². The molecule has 4 nitrogen and oxygen atoms in total. The van der Waals surface area contributed by atoms with E-state index in [-0.39, 0.29) is 5.91 Å². The van der Waals surface area contributed by atoms with E-state index >= 15 is 0 Å². The zero-order valence-corrected chi connectivity index (χ0v) is 10.8. The lowest BCUT2D eigenvalue weighted by Gasteiger charge is -2.25. The van der Waals surface area contributed by atoms with E-state index in [1.54, 1.807) is 13.2 Å². The Hall–Kier alpha value is -0.870. The SMILES string of the molecule is C=CCCC(=O)N(CCOC)CC1CCCN1. The van der Waals surface area contributed by atoms with Gasteiger partial charge >= 0.3 is 0 Å². The summed E-state index contributed by atoms with van der Waals surface area (Å²) >= 11 is 0. The van der Waals surface area contributed by atoms with Crippen LogP contribution in [-0.2, 0) is 9.53 Å². The third-order valence-electron chi connectivity index (χ3n) is 3.08. The molecule has 98 valence electrons. The molecule has 0 saturated carbocycles. The largest absolute Gasteiger partial charge is 0.383 e. The highest BCUT2D eigenvalue weighted by Crippen LogP contribution is 2.08. The number of methoxy groups -OCH3 is 1. The number of hydrogen-bond donors (Lipinski definition) is 1. The van der Waals surface area contributed by atoms with Crippen LogP contribution < -0.4 is 5.32 Å². The Morgan fingerprint density at radius 2 is 2.47 bits per heavy atom. The monoisotopic (exact) mass is 240 g/mol. The van der Waals surface area contributed by atoms with Gasteiger partial charge < -0.3 is 15.0 Å². The maximum atomic E-state index is 12.0. The molecule has 1 heterocycles. The average Bonchev–Trinajstić information content (AvgIpc) is 2.84. The van der Waals surface area contributed by atoms with Crippen LogP contribution in [0.25, 0.3) is 0 Å². The minimum Gasteiger partial charge on any atom is -0.383 e. The Bertz CT molecular complexity index is 238. The van der Waals surface area contributed by atoms with E-state index in [0.29, 0.717) is 25.6 Å². The van der Waals surface area contributed by atoms with E-state index < -0.39 is 0 Å². The van der Waals surface area contributed by atoms with E-state index in [1.165, 1.54) is 6.42 Å². The maximum absolute atomic E-state index is 12.0. The van der Waals surface area contributed by atoms with Crippen molar-refractivity contribution in [2.75, 3.05) is 33.4 Å². The second-order valence-corrected chi connectivity index (χ2v) is 4.45. The van der Waals surface area contributed by atoms with E-state index in [9.17, 15) is 4.79 Å². The van der Waals surface area contributed by atoms with Crippen molar-refractivity contribution < 1.29 is 9.53 Å². The Morgan fingerprint density at radius 1 is 1.65 bits per heavy atom. The summed E-state index contributed by atoms with van der Waals surface area (Å²) in [6.45, 7) is 6.82. The van der Waals surface area contributed by atoms with Gasteiger partial charge in [0.15, 0.2) is 0 Å². The molecule has 4 heteroatoms. The maximum Gasteiger partial charge on any atom is 0.223 e. The van der Waals surface area contributed by atoms with E-state index in [0.717, 1.165) is 25.9 Å². The molecule has 1 amide bonds. The van der Waals surface area contributed by atoms with Crippen molar-refractivity contribution in [1.82, 2.24) is 10.2 Å². The van der Waals surface area contributed by atoms with Crippen molar-refractivity contribution in [3.8, 4) is 0 Å². The zero-order valence-electron chi connectivity index (χ0n) is 10.8. The molecule has 0 aromatic heterocycles. The molecule has 1 aliphatic rings. The summed E-state index contributed by atoms with van der Waals surface area (Å²) in [4.78, 5) is 13.9. The van der Waals surface area contributed by atoms with Gasteiger partial charge in [0, 0.05) is 32.7 Å². The van der Waals surface area contributed by atoms with Gasteiger partial charge in [0.05, 0.1) is 6.61 Å². The molecular formula is C13H24N2O2. The molecule has 1 aliphatic heterocycles. The summed E-state index contributed by atoms with van der Waals surface area (Å²) < 4.78 is 5.06. The van der Waals surface area contributed by atoms with Crippen LogP contribution in [0.3, 0.4) is 0 Å². The average molecular weight is 240 g/mol. The van der Waals surface area contributed by atoms with Crippen molar-refractivity contribution >= 4 is 5.91 Å². The normalized spacial score (nSPS) is 19.2. The van der Waals surface area contributed by atoms with Crippen LogP contribution in [0, 0.1) is 0 Å². The van der Waals surface area contributed by atoms with E-state index in [2.05, 4.69) is 11.9 Å². The van der Waals surface area contributed by atoms with Gasteiger partial charge in [0.25, 0.3) is 0 Å². The predicted octanol–water partition coefficient (Wildman–Crippen LogP) is 1.18. The van der Waals surface area contributed by atoms with Crippen molar-refractivity contribution in [3.05, 3.63) is 12.7 Å². The third kappa shape index (κ3) is 5.33. The second kappa shape index (κ2) is 8.25. The Kier molecular flexibility index (Phi) is 6.89. The van der Waals surface area contributed by atoms with Crippen molar-refractivity contribution in [2.24, 2.45) is 0 Å². The molecule has 0 spiro atoms. The van der Waals surface area contributed by atoms with Crippen LogP contribution in [0.4, 0.5) is 0 Å². The number of allylic oxidation sites excluding steroid dienone is 1. The fourth-order valence-electron chi connectivity index (χ4n) is 2.08. The number of ether oxygens (including phenoxy) is 1. The van der Waals surface area contributed by atoms with Gasteiger partial charge in [-0.2, -0.15) is 0 Å². The highest BCUT2D eigenvalue weighted by Gasteiger charge is 2.20. The smallest absolute Gasteiger partial charge is 0.223 e. The van der Waals surface area contributed by atoms with E-state index in [1.807, 2.05) is 4.90 Å². The number of rotatable bonds is 8. The molecule has 0 aromatic rings. The van der Waals surface area contributed by atoms with Crippen LogP contribution in [0.2, 0.25) is 0 Å². The Balaban J connectivity index is 2.39. The third-order valence-corrected chi connectivity index (χ3v) is 3.08. The van der Waals surface area contributed by atoms with Gasteiger partial charge in [-0.3, -0.25) is 4.79 Å². The molecule has 1 saturated heterocycles. The molecule has 1 fully saturated rings. The number of carbonyl (C=O) groups is 1. The molecule has 1 N–H and O–H groups in total. The van der Waals surface area contributed by atoms with Crippen molar-refractivity contribution in [3.63, 3.8) is 0 Å². The van der Waals surface area contributed by atoms with Gasteiger partial charge in [-0.1, -0.05) is 6.08 Å². The molecule has 0 aliphatic carbocycles. The standard InChI is InChI=1S/C13H24N2O2/c1-3-4-7-13(16)15(9-10-17-2)11-12-6-5-8-14-12/h3,12,14H,1,4-11H2,2H3. The quantitative estimate of drug-likeness (QED) is 0.648. The lowest BCUT2D eigenvalue weighted by atomic mass is 10.2. The summed E-state index contributed by atoms with van der Waals surface area (Å²) in [6, 6.07) is 0.458. The van der Waals surface area contributed by atoms with Crippen LogP contribution in [0.1, 0.15) is 25.7 Å². The van der Waals surface area contributed by atoms with Crippen LogP contribution in [0.15, 0.2) is 12.7 Å². The first kappa shape index (κ1) is 14.2. The molecule has 0 bridgehead atoms. The number of carbonyl (C=O) groups excluding carboxylic acids is 1. The molecule has 1 atom stereocenters. The molecule has 1 unspecified atom stereocenters. The first-order valence-electron chi connectivity index (χ1n) is 6.39. The van der Waals surface area contributed by atoms with Gasteiger partial charge in [-0.25, -0.2) is 0 Å². The first-order valence-corrected chi connectivity index (χ1v) is 6.39. The minimum atomic E-state index is 0.204. The molecule has 0 aromatic carbocycles. The fraction of sp³-hybridized carbons (Fsp3) is 0.769. The second-order valence-electron chi connectivity index (χ2n) is 4.45. The molecule has 1 rings (SSSR count). The van der Waals surface area contributed by atoms with Gasteiger partial charge in [0.2, 0.25) is 5.91 Å². The number of hydrogen-bond acceptors (Lipinski definition) is 3. The number of amides is 1. The number of nitrogens with one attached hydrogen (secondary N) is 1. The number of nitrogens with zero attached hydrogens (tertiary/aromatic N) is 1. The van der Waals surface area contributed by atoms with Crippen molar-refractivity contribution in [1.29, 1.82) is 0 Å². The first-order chi connectivity index (χ1) is 8.27. The highest BCUT2D eigenvalue weighted by molar-refractivity contribution is 5.76. The highest BCUT2D eigenvalue weighted by atomic mass is 16.5. The lowest BCUT2D eigenvalue weighted by Crippen LogP contribution is -2.42. The van der Waals surface area contributed by atoms with Crippen molar-refractivity contribution in [2.45, 2.75) is 31.7 Å². The Labute approximate surface area is 104 Å². The predicted molar refractivity (Wildman–Crippen MR) is 68.9 cm³/mol. The molecule has 0 radical (unpaired) electrons. The summed E-state index contributed by atoms with van der Waals surface area (Å²) in [7, 11) is 1.67. The molecular weight excluding hydrogens is 216 g/mol. The summed E-state index contributed by atoms with van der Waals surface area (Å²) in [5.74, 6) is 0.204. The van der Waals surface area contributed by atoms with Crippen LogP contribution >= 0.6 is 0 Å². The van der Waals surface area contributed by atoms with Crippen LogP contribution in [0.5, 0.6) is 0 Å². The Morgan fingerprint density at radius 3 is 3.06 bits per heavy atom. The van der Waals surface area contributed by atoms with Gasteiger partial charge in [-0.05, 0) is 25.8 Å². The van der Waals surface area contributed by atoms with Crippen LogP contribution in [-0.4, -0.2) is 50.2 Å². The zero-order chi connectivity index (χ0) is 12.5. The summed E-state index contributed by atoms with van der Waals surface area (Å²) in [5.41, 5.74) is 0. The molecule has 17 heavy (non-hydrogen) atoms. The summed E-state index contributed by atoms with van der Waals surface area (Å²) in [6.07, 6.45) is 5.47.